The van der Waals surface area contributed by atoms with E-state index in [1.165, 1.54) is 22.5 Å². The summed E-state index contributed by atoms with van der Waals surface area (Å²) in [6, 6.07) is 50.1. The number of fused-ring (bicyclic) bond motifs is 2. The van der Waals surface area contributed by atoms with Gasteiger partial charge >= 0.3 is 0 Å². The predicted octanol–water partition coefficient (Wildman–Crippen LogP) is 10.5. The summed E-state index contributed by atoms with van der Waals surface area (Å²) in [7, 11) is 6.72. The van der Waals surface area contributed by atoms with Crippen molar-refractivity contribution in [3.8, 4) is 11.5 Å². The van der Waals surface area contributed by atoms with Crippen LogP contribution < -0.4 is 40.5 Å². The average Bonchev–Trinajstić information content (AvgIpc) is 4.15. The van der Waals surface area contributed by atoms with Crippen LogP contribution in [0.4, 0.5) is 34.5 Å². The van der Waals surface area contributed by atoms with Crippen LogP contribution in [0.2, 0.25) is 0 Å². The number of anilines is 6. The summed E-state index contributed by atoms with van der Waals surface area (Å²) in [4.78, 5) is 22.4. The highest BCUT2D eigenvalue weighted by atomic mass is 16.5. The smallest absolute Gasteiger partial charge is 0.214 e. The molecule has 2 aliphatic rings. The SMILES string of the molecule is CN=C(N)N(c1cc(CCCCN2CCN(c3ccccc3)CC2)ccc1OC)c1occ2ccccc12.CN=C(N)N(c1cc(CCCCN2CCN(c3ccccc3)CC2)ccc1OC)c1occ2ccccc12.O. The van der Waals surface area contributed by atoms with Crippen LogP contribution in [-0.4, -0.2) is 121 Å². The highest BCUT2D eigenvalue weighted by Gasteiger charge is 2.26. The summed E-state index contributed by atoms with van der Waals surface area (Å²) < 4.78 is 23.4. The fourth-order valence-corrected chi connectivity index (χ4v) is 10.4. The molecule has 0 amide bonds. The monoisotopic (exact) mass is 1040 g/mol. The molecule has 6 N–H and O–H groups in total. The molecule has 0 bridgehead atoms. The van der Waals surface area contributed by atoms with Gasteiger partial charge in [0.05, 0.1) is 25.6 Å². The lowest BCUT2D eigenvalue weighted by molar-refractivity contribution is 0.253. The molecule has 15 heteroatoms. The van der Waals surface area contributed by atoms with Gasteiger partial charge in [-0.3, -0.25) is 19.8 Å². The van der Waals surface area contributed by atoms with Crippen LogP contribution in [-0.2, 0) is 12.8 Å². The van der Waals surface area contributed by atoms with Crippen molar-refractivity contribution in [3.63, 3.8) is 0 Å². The summed E-state index contributed by atoms with van der Waals surface area (Å²) in [5.74, 6) is 3.39. The summed E-state index contributed by atoms with van der Waals surface area (Å²) >= 11 is 0. The van der Waals surface area contributed by atoms with E-state index < -0.39 is 0 Å². The van der Waals surface area contributed by atoms with Crippen molar-refractivity contribution in [3.05, 3.63) is 169 Å². The van der Waals surface area contributed by atoms with E-state index in [1.54, 1.807) is 40.8 Å². The molecule has 2 fully saturated rings. The number of nitrogens with two attached hydrogens (primary N) is 2. The Bertz CT molecular complexity index is 2930. The van der Waals surface area contributed by atoms with Gasteiger partial charge < -0.3 is 45.1 Å². The molecule has 2 saturated heterocycles. The van der Waals surface area contributed by atoms with Gasteiger partial charge in [0, 0.05) is 99.4 Å². The first kappa shape index (κ1) is 55.3. The Hall–Kier alpha value is -7.98. The zero-order valence-corrected chi connectivity index (χ0v) is 45.2. The van der Waals surface area contributed by atoms with Crippen LogP contribution in [0, 0.1) is 0 Å². The van der Waals surface area contributed by atoms with Crippen molar-refractivity contribution in [2.75, 3.05) is 113 Å². The van der Waals surface area contributed by atoms with Crippen molar-refractivity contribution < 1.29 is 23.8 Å². The maximum Gasteiger partial charge on any atom is 0.214 e. The third-order valence-electron chi connectivity index (χ3n) is 14.6. The van der Waals surface area contributed by atoms with Gasteiger partial charge in [0.15, 0.2) is 0 Å². The lowest BCUT2D eigenvalue weighted by Crippen LogP contribution is -2.46. The topological polar surface area (TPSA) is 172 Å². The van der Waals surface area contributed by atoms with Gasteiger partial charge in [-0.15, -0.1) is 0 Å². The number of unbranched alkanes of at least 4 members (excludes halogenated alkanes) is 2. The highest BCUT2D eigenvalue weighted by Crippen LogP contribution is 2.41. The molecule has 15 nitrogen and oxygen atoms in total. The van der Waals surface area contributed by atoms with E-state index in [1.807, 2.05) is 70.5 Å². The summed E-state index contributed by atoms with van der Waals surface area (Å²) in [5, 5.41) is 3.96. The molecule has 0 aliphatic carbocycles. The van der Waals surface area contributed by atoms with Crippen molar-refractivity contribution >= 4 is 68.0 Å². The van der Waals surface area contributed by atoms with Gasteiger partial charge in [0.2, 0.25) is 23.7 Å². The Morgan fingerprint density at radius 1 is 0.494 bits per heavy atom. The number of methoxy groups -OCH3 is 2. The fraction of sp³-hybridized carbons (Fsp3) is 0.323. The number of hydrogen-bond donors (Lipinski definition) is 2. The van der Waals surface area contributed by atoms with E-state index in [9.17, 15) is 0 Å². The lowest BCUT2D eigenvalue weighted by Gasteiger charge is -2.36. The number of furan rings is 2. The van der Waals surface area contributed by atoms with Crippen molar-refractivity contribution in [2.45, 2.75) is 38.5 Å². The minimum atomic E-state index is 0. The van der Waals surface area contributed by atoms with Gasteiger partial charge in [-0.25, -0.2) is 9.80 Å². The fourth-order valence-electron chi connectivity index (χ4n) is 10.4. The average molecular weight is 1040 g/mol. The molecule has 0 atom stereocenters. The number of guanidine groups is 2. The summed E-state index contributed by atoms with van der Waals surface area (Å²) in [5.41, 5.74) is 19.6. The van der Waals surface area contributed by atoms with Gasteiger partial charge in [0.25, 0.3) is 0 Å². The summed E-state index contributed by atoms with van der Waals surface area (Å²) in [6.45, 7) is 11.1. The van der Waals surface area contributed by atoms with Crippen LogP contribution in [0.25, 0.3) is 21.5 Å². The Balaban J connectivity index is 0.000000201. The number of rotatable bonds is 18. The number of benzene rings is 6. The van der Waals surface area contributed by atoms with Gasteiger partial charge in [-0.05, 0) is 123 Å². The molecule has 404 valence electrons. The van der Waals surface area contributed by atoms with E-state index in [-0.39, 0.29) is 5.48 Å². The zero-order chi connectivity index (χ0) is 52.6. The second-order valence-electron chi connectivity index (χ2n) is 19.3. The summed E-state index contributed by atoms with van der Waals surface area (Å²) in [6.07, 6.45) is 10.0. The molecule has 77 heavy (non-hydrogen) atoms. The second-order valence-corrected chi connectivity index (χ2v) is 19.3. The molecule has 8 aromatic rings. The molecule has 0 unspecified atom stereocenters. The van der Waals surface area contributed by atoms with Crippen LogP contribution in [0.1, 0.15) is 36.8 Å². The van der Waals surface area contributed by atoms with Gasteiger partial charge in [-0.1, -0.05) is 84.9 Å². The molecule has 0 saturated carbocycles. The number of nitrogens with zero attached hydrogens (tertiary/aromatic N) is 8. The van der Waals surface area contributed by atoms with Crippen molar-refractivity contribution in [1.82, 2.24) is 9.80 Å². The largest absolute Gasteiger partial charge is 0.495 e. The molecular formula is C62H76N10O5. The Morgan fingerprint density at radius 3 is 1.25 bits per heavy atom. The number of aliphatic imine (C=N–C) groups is 2. The van der Waals surface area contributed by atoms with Crippen LogP contribution in [0.15, 0.2) is 177 Å². The highest BCUT2D eigenvalue weighted by molar-refractivity contribution is 6.09. The third-order valence-corrected chi connectivity index (χ3v) is 14.6. The number of hydrogen-bond acceptors (Lipinski definition) is 10. The molecule has 6 aromatic carbocycles. The van der Waals surface area contributed by atoms with Gasteiger partial charge in [0.1, 0.15) is 24.0 Å². The van der Waals surface area contributed by atoms with Crippen molar-refractivity contribution in [2.24, 2.45) is 21.5 Å². The first-order valence-corrected chi connectivity index (χ1v) is 26.7. The van der Waals surface area contributed by atoms with Crippen LogP contribution >= 0.6 is 0 Å². The molecule has 2 aliphatic heterocycles. The van der Waals surface area contributed by atoms with E-state index >= 15 is 0 Å². The lowest BCUT2D eigenvalue weighted by atomic mass is 10.1. The standard InChI is InChI=1S/2C31H37N5O2.H2O/c2*1-33-31(32)36(30-27-14-7-6-11-25(27)23-38-30)28-22-24(15-16-29(28)37-2)10-8-9-17-34-18-20-35(21-19-34)26-12-4-3-5-13-26;/h2*3-7,11-16,22-23H,8-10,17-21H2,1-2H3,(H2,32,33);1H2. The normalized spacial score (nSPS) is 14.5. The zero-order valence-electron chi connectivity index (χ0n) is 45.2. The minimum Gasteiger partial charge on any atom is -0.495 e. The van der Waals surface area contributed by atoms with E-state index in [4.69, 9.17) is 29.8 Å². The first-order chi connectivity index (χ1) is 37.3. The van der Waals surface area contributed by atoms with E-state index in [0.717, 1.165) is 148 Å². The number of ether oxygens (including phenoxy) is 2. The second kappa shape index (κ2) is 27.2. The van der Waals surface area contributed by atoms with Crippen molar-refractivity contribution in [1.29, 1.82) is 0 Å². The quantitative estimate of drug-likeness (QED) is 0.0474. The van der Waals surface area contributed by atoms with Crippen LogP contribution in [0.5, 0.6) is 11.5 Å². The van der Waals surface area contributed by atoms with E-state index in [2.05, 4.69) is 115 Å². The number of para-hydroxylation sites is 2. The third kappa shape index (κ3) is 13.5. The molecule has 0 radical (unpaired) electrons. The molecular weight excluding hydrogens is 965 g/mol. The molecule has 2 aromatic heterocycles. The Labute approximate surface area is 453 Å². The van der Waals surface area contributed by atoms with Gasteiger partial charge in [-0.2, -0.15) is 0 Å². The predicted molar refractivity (Wildman–Crippen MR) is 317 cm³/mol. The number of aryl methyl sites for hydroxylation is 2. The minimum absolute atomic E-state index is 0. The first-order valence-electron chi connectivity index (χ1n) is 26.7. The number of piperazine rings is 2. The maximum absolute atomic E-state index is 6.41. The Kier molecular flexibility index (Phi) is 19.5. The molecule has 4 heterocycles. The van der Waals surface area contributed by atoms with E-state index in [0.29, 0.717) is 23.7 Å². The Morgan fingerprint density at radius 2 is 0.870 bits per heavy atom. The molecule has 10 rings (SSSR count). The molecule has 0 spiro atoms. The van der Waals surface area contributed by atoms with Crippen LogP contribution in [0.3, 0.4) is 0 Å². The maximum atomic E-state index is 6.41.